The second kappa shape index (κ2) is 4.66. The summed E-state index contributed by atoms with van der Waals surface area (Å²) in [5.74, 6) is 0.820. The largest absolute Gasteiger partial charge is 0.310 e. The summed E-state index contributed by atoms with van der Waals surface area (Å²) in [6.45, 7) is 7.96. The van der Waals surface area contributed by atoms with Crippen molar-refractivity contribution in [1.29, 1.82) is 0 Å². The summed E-state index contributed by atoms with van der Waals surface area (Å²) in [6.07, 6.45) is 6.29. The third-order valence-electron chi connectivity index (χ3n) is 2.70. The van der Waals surface area contributed by atoms with Gasteiger partial charge in [-0.3, -0.25) is 0 Å². The molecule has 0 aromatic carbocycles. The van der Waals surface area contributed by atoms with E-state index in [-0.39, 0.29) is 0 Å². The minimum absolute atomic E-state index is 0.638. The summed E-state index contributed by atoms with van der Waals surface area (Å²) in [7, 11) is 0. The summed E-state index contributed by atoms with van der Waals surface area (Å²) in [4.78, 5) is 0. The minimum Gasteiger partial charge on any atom is -0.310 e. The molecular formula is C11H21N. The van der Waals surface area contributed by atoms with Crippen molar-refractivity contribution in [2.24, 2.45) is 5.92 Å². The van der Waals surface area contributed by atoms with Crippen LogP contribution >= 0.6 is 0 Å². The molecule has 2 unspecified atom stereocenters. The van der Waals surface area contributed by atoms with Gasteiger partial charge in [-0.25, -0.2) is 0 Å². The normalized spacial score (nSPS) is 30.1. The van der Waals surface area contributed by atoms with Crippen LogP contribution in [0.25, 0.3) is 0 Å². The van der Waals surface area contributed by atoms with Gasteiger partial charge >= 0.3 is 0 Å². The number of hydrogen-bond donors (Lipinski definition) is 1. The first-order chi connectivity index (χ1) is 5.74. The van der Waals surface area contributed by atoms with E-state index in [9.17, 15) is 0 Å². The van der Waals surface area contributed by atoms with E-state index in [1.165, 1.54) is 19.3 Å². The lowest BCUT2D eigenvalue weighted by Gasteiger charge is -2.27. The highest BCUT2D eigenvalue weighted by atomic mass is 14.9. The van der Waals surface area contributed by atoms with Gasteiger partial charge in [-0.1, -0.05) is 25.5 Å². The average Bonchev–Trinajstić information content (AvgIpc) is 2.07. The van der Waals surface area contributed by atoms with Crippen molar-refractivity contribution in [3.05, 3.63) is 11.6 Å². The standard InChI is InChI=1S/C11H21N/c1-4-7-12-11-8-9(2)5-6-10(11)3/h8,10-12H,4-7H2,1-3H3. The predicted molar refractivity (Wildman–Crippen MR) is 54.2 cm³/mol. The first-order valence-corrected chi connectivity index (χ1v) is 5.14. The molecule has 0 heterocycles. The van der Waals surface area contributed by atoms with Gasteiger partial charge in [0.05, 0.1) is 0 Å². The molecule has 0 spiro atoms. The van der Waals surface area contributed by atoms with Gasteiger partial charge in [-0.05, 0) is 38.6 Å². The van der Waals surface area contributed by atoms with Crippen LogP contribution in [0.4, 0.5) is 0 Å². The number of allylic oxidation sites excluding steroid dienone is 1. The van der Waals surface area contributed by atoms with Gasteiger partial charge in [-0.2, -0.15) is 0 Å². The van der Waals surface area contributed by atoms with E-state index in [4.69, 9.17) is 0 Å². The molecule has 0 saturated carbocycles. The van der Waals surface area contributed by atoms with E-state index in [1.54, 1.807) is 5.57 Å². The van der Waals surface area contributed by atoms with Crippen molar-refractivity contribution in [1.82, 2.24) is 5.32 Å². The molecule has 1 aliphatic rings. The molecule has 1 N–H and O–H groups in total. The molecular weight excluding hydrogens is 146 g/mol. The zero-order valence-corrected chi connectivity index (χ0v) is 8.56. The molecule has 1 aliphatic carbocycles. The molecule has 12 heavy (non-hydrogen) atoms. The summed E-state index contributed by atoms with van der Waals surface area (Å²) < 4.78 is 0. The highest BCUT2D eigenvalue weighted by Crippen LogP contribution is 2.22. The quantitative estimate of drug-likeness (QED) is 0.637. The van der Waals surface area contributed by atoms with Crippen molar-refractivity contribution >= 4 is 0 Å². The van der Waals surface area contributed by atoms with Gasteiger partial charge in [-0.15, -0.1) is 0 Å². The van der Waals surface area contributed by atoms with Crippen LogP contribution in [0.15, 0.2) is 11.6 Å². The first-order valence-electron chi connectivity index (χ1n) is 5.14. The van der Waals surface area contributed by atoms with Gasteiger partial charge in [0.1, 0.15) is 0 Å². The predicted octanol–water partition coefficient (Wildman–Crippen LogP) is 2.73. The summed E-state index contributed by atoms with van der Waals surface area (Å²) >= 11 is 0. The van der Waals surface area contributed by atoms with Crippen LogP contribution in [0.3, 0.4) is 0 Å². The number of rotatable bonds is 3. The molecule has 1 heteroatoms. The Morgan fingerprint density at radius 1 is 1.58 bits per heavy atom. The monoisotopic (exact) mass is 167 g/mol. The average molecular weight is 167 g/mol. The summed E-state index contributed by atoms with van der Waals surface area (Å²) in [5.41, 5.74) is 1.56. The van der Waals surface area contributed by atoms with Crippen LogP contribution in [0.1, 0.15) is 40.0 Å². The van der Waals surface area contributed by atoms with Crippen LogP contribution in [0.2, 0.25) is 0 Å². The molecule has 0 amide bonds. The van der Waals surface area contributed by atoms with Crippen molar-refractivity contribution in [3.63, 3.8) is 0 Å². The summed E-state index contributed by atoms with van der Waals surface area (Å²) in [6, 6.07) is 0.638. The van der Waals surface area contributed by atoms with E-state index in [2.05, 4.69) is 32.2 Å². The van der Waals surface area contributed by atoms with Crippen LogP contribution < -0.4 is 5.32 Å². The fourth-order valence-electron chi connectivity index (χ4n) is 1.76. The second-order valence-electron chi connectivity index (χ2n) is 4.01. The Hall–Kier alpha value is -0.300. The lowest BCUT2D eigenvalue weighted by atomic mass is 9.87. The minimum atomic E-state index is 0.638. The lowest BCUT2D eigenvalue weighted by molar-refractivity contribution is 0.391. The molecule has 1 nitrogen and oxygen atoms in total. The summed E-state index contributed by atoms with van der Waals surface area (Å²) in [5, 5.41) is 3.58. The molecule has 0 bridgehead atoms. The number of nitrogens with one attached hydrogen (secondary N) is 1. The Balaban J connectivity index is 2.43. The van der Waals surface area contributed by atoms with Gasteiger partial charge in [0.2, 0.25) is 0 Å². The highest BCUT2D eigenvalue weighted by molar-refractivity contribution is 5.09. The topological polar surface area (TPSA) is 12.0 Å². The van der Waals surface area contributed by atoms with Gasteiger partial charge in [0.15, 0.2) is 0 Å². The molecule has 0 fully saturated rings. The Kier molecular flexibility index (Phi) is 3.80. The fourth-order valence-corrected chi connectivity index (χ4v) is 1.76. The second-order valence-corrected chi connectivity index (χ2v) is 4.01. The Labute approximate surface area is 76.2 Å². The van der Waals surface area contributed by atoms with Gasteiger partial charge in [0, 0.05) is 6.04 Å². The molecule has 0 aromatic rings. The molecule has 0 aromatic heterocycles. The van der Waals surface area contributed by atoms with Crippen molar-refractivity contribution < 1.29 is 0 Å². The zero-order valence-electron chi connectivity index (χ0n) is 8.56. The van der Waals surface area contributed by atoms with Crippen molar-refractivity contribution in [2.75, 3.05) is 6.54 Å². The SMILES string of the molecule is CCCNC1C=C(C)CCC1C. The molecule has 0 radical (unpaired) electrons. The third-order valence-corrected chi connectivity index (χ3v) is 2.70. The molecule has 0 aliphatic heterocycles. The first kappa shape index (κ1) is 9.79. The van der Waals surface area contributed by atoms with E-state index >= 15 is 0 Å². The third kappa shape index (κ3) is 2.63. The molecule has 0 saturated heterocycles. The van der Waals surface area contributed by atoms with E-state index < -0.39 is 0 Å². The van der Waals surface area contributed by atoms with E-state index in [0.29, 0.717) is 6.04 Å². The highest BCUT2D eigenvalue weighted by Gasteiger charge is 2.17. The van der Waals surface area contributed by atoms with Crippen molar-refractivity contribution in [2.45, 2.75) is 46.1 Å². The maximum absolute atomic E-state index is 3.58. The Morgan fingerprint density at radius 3 is 3.00 bits per heavy atom. The van der Waals surface area contributed by atoms with Gasteiger partial charge < -0.3 is 5.32 Å². The molecule has 70 valence electrons. The van der Waals surface area contributed by atoms with Crippen LogP contribution in [0, 0.1) is 5.92 Å². The molecule has 2 atom stereocenters. The smallest absolute Gasteiger partial charge is 0.0278 e. The maximum Gasteiger partial charge on any atom is 0.0278 e. The zero-order chi connectivity index (χ0) is 8.97. The maximum atomic E-state index is 3.58. The van der Waals surface area contributed by atoms with Gasteiger partial charge in [0.25, 0.3) is 0 Å². The van der Waals surface area contributed by atoms with Crippen LogP contribution in [0.5, 0.6) is 0 Å². The Morgan fingerprint density at radius 2 is 2.33 bits per heavy atom. The van der Waals surface area contributed by atoms with E-state index in [0.717, 1.165) is 12.5 Å². The van der Waals surface area contributed by atoms with Crippen LogP contribution in [-0.2, 0) is 0 Å². The van der Waals surface area contributed by atoms with Crippen LogP contribution in [-0.4, -0.2) is 12.6 Å². The van der Waals surface area contributed by atoms with Crippen molar-refractivity contribution in [3.8, 4) is 0 Å². The Bertz CT molecular complexity index is 160. The molecule has 1 rings (SSSR count). The fraction of sp³-hybridized carbons (Fsp3) is 0.818. The van der Waals surface area contributed by atoms with E-state index in [1.807, 2.05) is 0 Å². The lowest BCUT2D eigenvalue weighted by Crippen LogP contribution is -2.35. The number of hydrogen-bond acceptors (Lipinski definition) is 1.